The van der Waals surface area contributed by atoms with Gasteiger partial charge in [0.2, 0.25) is 10.0 Å². The summed E-state index contributed by atoms with van der Waals surface area (Å²) in [4.78, 5) is 11.8. The van der Waals surface area contributed by atoms with Crippen molar-refractivity contribution in [1.29, 1.82) is 0 Å². The van der Waals surface area contributed by atoms with E-state index in [0.717, 1.165) is 4.31 Å². The van der Waals surface area contributed by atoms with Crippen LogP contribution in [0.3, 0.4) is 0 Å². The number of hydrogen-bond acceptors (Lipinski definition) is 4. The molecule has 0 unspecified atom stereocenters. The smallest absolute Gasteiger partial charge is 0.337 e. The Morgan fingerprint density at radius 3 is 2.58 bits per heavy atom. The van der Waals surface area contributed by atoms with Gasteiger partial charge in [0.25, 0.3) is 0 Å². The van der Waals surface area contributed by atoms with Crippen molar-refractivity contribution >= 4 is 33.3 Å². The molecule has 5 nitrogen and oxygen atoms in total. The molecule has 2 aromatic rings. The molecule has 0 bridgehead atoms. The van der Waals surface area contributed by atoms with Gasteiger partial charge in [0, 0.05) is 10.6 Å². The van der Waals surface area contributed by atoms with Crippen molar-refractivity contribution in [2.75, 3.05) is 11.4 Å². The van der Waals surface area contributed by atoms with Crippen LogP contribution in [0.2, 0.25) is 5.02 Å². The number of methoxy groups -OCH3 is 1. The lowest BCUT2D eigenvalue weighted by Gasteiger charge is -2.23. The largest absolute Gasteiger partial charge is 0.465 e. The fourth-order valence-electron chi connectivity index (χ4n) is 3.03. The van der Waals surface area contributed by atoms with Crippen molar-refractivity contribution in [3.8, 4) is 0 Å². The van der Waals surface area contributed by atoms with Gasteiger partial charge in [-0.25, -0.2) is 17.6 Å². The van der Waals surface area contributed by atoms with Gasteiger partial charge < -0.3 is 4.74 Å². The molecule has 26 heavy (non-hydrogen) atoms. The first-order valence-corrected chi connectivity index (χ1v) is 9.61. The van der Waals surface area contributed by atoms with Crippen LogP contribution in [0.15, 0.2) is 36.4 Å². The highest BCUT2D eigenvalue weighted by Crippen LogP contribution is 2.48. The zero-order chi connectivity index (χ0) is 19.3. The van der Waals surface area contributed by atoms with E-state index in [0.29, 0.717) is 11.3 Å². The molecule has 0 amide bonds. The summed E-state index contributed by atoms with van der Waals surface area (Å²) in [5, 5.41) is 0.135. The Morgan fingerprint density at radius 1 is 1.27 bits per heavy atom. The summed E-state index contributed by atoms with van der Waals surface area (Å²) in [6.45, 7) is 2.87. The second-order valence-electron chi connectivity index (χ2n) is 6.45. The summed E-state index contributed by atoms with van der Waals surface area (Å²) in [5.41, 5.74) is 1.13. The summed E-state index contributed by atoms with van der Waals surface area (Å²) in [6, 6.07) is 8.72. The van der Waals surface area contributed by atoms with Crippen LogP contribution in [-0.4, -0.2) is 21.5 Å². The van der Waals surface area contributed by atoms with Crippen LogP contribution in [0.5, 0.6) is 0 Å². The van der Waals surface area contributed by atoms with E-state index in [1.54, 1.807) is 19.9 Å². The number of carbonyl (C=O) groups is 1. The summed E-state index contributed by atoms with van der Waals surface area (Å²) in [5.74, 6) is -1.18. The molecule has 138 valence electrons. The number of esters is 1. The van der Waals surface area contributed by atoms with Gasteiger partial charge in [-0.1, -0.05) is 23.7 Å². The molecule has 0 saturated heterocycles. The fourth-order valence-corrected chi connectivity index (χ4v) is 4.97. The van der Waals surface area contributed by atoms with Gasteiger partial charge in [-0.15, -0.1) is 0 Å². The second-order valence-corrected chi connectivity index (χ2v) is 9.26. The Kier molecular flexibility index (Phi) is 4.48. The predicted molar refractivity (Wildman–Crippen MR) is 97.3 cm³/mol. The molecule has 0 atom stereocenters. The highest BCUT2D eigenvalue weighted by molar-refractivity contribution is 7.94. The van der Waals surface area contributed by atoms with E-state index in [9.17, 15) is 17.6 Å². The molecule has 2 aromatic carbocycles. The first-order chi connectivity index (χ1) is 12.1. The van der Waals surface area contributed by atoms with Gasteiger partial charge in [0.1, 0.15) is 10.6 Å². The quantitative estimate of drug-likeness (QED) is 0.738. The highest BCUT2D eigenvalue weighted by atomic mass is 35.5. The van der Waals surface area contributed by atoms with E-state index < -0.39 is 26.6 Å². The number of nitrogens with zero attached hydrogens (tertiary/aromatic N) is 1. The lowest BCUT2D eigenvalue weighted by atomic mass is 9.98. The summed E-state index contributed by atoms with van der Waals surface area (Å²) >= 11 is 6.07. The molecule has 0 aliphatic carbocycles. The van der Waals surface area contributed by atoms with Crippen LogP contribution in [0.25, 0.3) is 0 Å². The number of hydrogen-bond donors (Lipinski definition) is 0. The van der Waals surface area contributed by atoms with Crippen LogP contribution < -0.4 is 4.31 Å². The molecule has 0 N–H and O–H groups in total. The number of benzene rings is 2. The standard InChI is InChI=1S/C18H17ClFNO4S/c1-18(2)13-8-7-11(17(22)25-3)9-16(13)21(26(18,23)24)10-12-14(19)5-4-6-15(12)20/h4-9H,10H2,1-3H3. The maximum absolute atomic E-state index is 14.2. The minimum Gasteiger partial charge on any atom is -0.465 e. The normalized spacial score (nSPS) is 17.0. The molecular formula is C18H17ClFNO4S. The van der Waals surface area contributed by atoms with E-state index in [2.05, 4.69) is 0 Å². The predicted octanol–water partition coefficient (Wildman–Crippen LogP) is 3.85. The number of sulfonamides is 1. The second kappa shape index (κ2) is 6.25. The number of carbonyl (C=O) groups excluding carboxylic acids is 1. The van der Waals surface area contributed by atoms with Gasteiger partial charge in [0.15, 0.2) is 0 Å². The molecular weight excluding hydrogens is 381 g/mol. The van der Waals surface area contributed by atoms with Gasteiger partial charge in [-0.3, -0.25) is 4.31 Å². The molecule has 1 aliphatic rings. The van der Waals surface area contributed by atoms with E-state index >= 15 is 0 Å². The van der Waals surface area contributed by atoms with Crippen LogP contribution >= 0.6 is 11.6 Å². The molecule has 0 fully saturated rings. The minimum absolute atomic E-state index is 0.0739. The van der Waals surface area contributed by atoms with Crippen molar-refractivity contribution in [2.45, 2.75) is 25.1 Å². The molecule has 1 aliphatic heterocycles. The fraction of sp³-hybridized carbons (Fsp3) is 0.278. The number of anilines is 1. The average Bonchev–Trinajstić information content (AvgIpc) is 2.73. The molecule has 1 heterocycles. The molecule has 8 heteroatoms. The maximum Gasteiger partial charge on any atom is 0.337 e. The zero-order valence-electron chi connectivity index (χ0n) is 14.4. The molecule has 0 radical (unpaired) electrons. The third kappa shape index (κ3) is 2.66. The maximum atomic E-state index is 14.2. The van der Waals surface area contributed by atoms with E-state index in [-0.39, 0.29) is 22.7 Å². The molecule has 3 rings (SSSR count). The Morgan fingerprint density at radius 2 is 1.96 bits per heavy atom. The van der Waals surface area contributed by atoms with Gasteiger partial charge >= 0.3 is 5.97 Å². The van der Waals surface area contributed by atoms with E-state index in [1.807, 2.05) is 0 Å². The van der Waals surface area contributed by atoms with E-state index in [1.165, 1.54) is 37.4 Å². The Labute approximate surface area is 156 Å². The van der Waals surface area contributed by atoms with Crippen LogP contribution in [0.1, 0.15) is 35.3 Å². The monoisotopic (exact) mass is 397 g/mol. The van der Waals surface area contributed by atoms with Crippen LogP contribution in [0.4, 0.5) is 10.1 Å². The third-order valence-corrected chi connectivity index (χ3v) is 7.40. The highest BCUT2D eigenvalue weighted by Gasteiger charge is 2.50. The Balaban J connectivity index is 2.18. The molecule has 0 spiro atoms. The zero-order valence-corrected chi connectivity index (χ0v) is 16.0. The molecule has 0 aromatic heterocycles. The van der Waals surface area contributed by atoms with Crippen molar-refractivity contribution in [3.63, 3.8) is 0 Å². The Hall–Kier alpha value is -2.12. The number of fused-ring (bicyclic) bond motifs is 1. The lowest BCUT2D eigenvalue weighted by molar-refractivity contribution is 0.0600. The topological polar surface area (TPSA) is 63.7 Å². The van der Waals surface area contributed by atoms with Crippen molar-refractivity contribution in [1.82, 2.24) is 0 Å². The number of rotatable bonds is 3. The first-order valence-electron chi connectivity index (χ1n) is 7.79. The van der Waals surface area contributed by atoms with Gasteiger partial charge in [-0.05, 0) is 43.7 Å². The van der Waals surface area contributed by atoms with Gasteiger partial charge in [0.05, 0.1) is 24.9 Å². The lowest BCUT2D eigenvalue weighted by Crippen LogP contribution is -2.35. The van der Waals surface area contributed by atoms with Crippen molar-refractivity contribution in [3.05, 3.63) is 63.9 Å². The van der Waals surface area contributed by atoms with Gasteiger partial charge in [-0.2, -0.15) is 0 Å². The summed E-state index contributed by atoms with van der Waals surface area (Å²) in [7, 11) is -2.61. The molecule has 0 saturated carbocycles. The van der Waals surface area contributed by atoms with Crippen LogP contribution in [-0.2, 0) is 26.1 Å². The Bertz CT molecular complexity index is 984. The third-order valence-electron chi connectivity index (χ3n) is 4.63. The van der Waals surface area contributed by atoms with Crippen LogP contribution in [0, 0.1) is 5.82 Å². The van der Waals surface area contributed by atoms with E-state index in [4.69, 9.17) is 16.3 Å². The average molecular weight is 398 g/mol. The minimum atomic E-state index is -3.85. The number of ether oxygens (including phenoxy) is 1. The summed E-state index contributed by atoms with van der Waals surface area (Å²) < 4.78 is 45.0. The van der Waals surface area contributed by atoms with Crippen molar-refractivity contribution in [2.24, 2.45) is 0 Å². The number of halogens is 2. The SMILES string of the molecule is COC(=O)c1ccc2c(c1)N(Cc1c(F)cccc1Cl)S(=O)(=O)C2(C)C. The first kappa shape index (κ1) is 18.7. The van der Waals surface area contributed by atoms with Crippen molar-refractivity contribution < 1.29 is 22.3 Å². The summed E-state index contributed by atoms with van der Waals surface area (Å²) in [6.07, 6.45) is 0.